The monoisotopic (exact) mass is 260 g/mol. The van der Waals surface area contributed by atoms with Crippen molar-refractivity contribution < 1.29 is 19.4 Å². The van der Waals surface area contributed by atoms with Crippen LogP contribution in [0.25, 0.3) is 10.8 Å². The van der Waals surface area contributed by atoms with Gasteiger partial charge in [-0.2, -0.15) is 0 Å². The molecule has 1 N–H and O–H groups in total. The lowest BCUT2D eigenvalue weighted by molar-refractivity contribution is -0.133. The minimum atomic E-state index is -0.319. The van der Waals surface area contributed by atoms with E-state index in [0.717, 1.165) is 0 Å². The van der Waals surface area contributed by atoms with Crippen LogP contribution >= 0.6 is 0 Å². The van der Waals surface area contributed by atoms with Crippen LogP contribution in [0.4, 0.5) is 0 Å². The maximum Gasteiger partial charge on any atom is 0.310 e. The molecular formula is C15H16O4. The molecule has 0 radical (unpaired) electrons. The zero-order valence-corrected chi connectivity index (χ0v) is 11.2. The number of ether oxygens (including phenoxy) is 2. The van der Waals surface area contributed by atoms with Crippen molar-refractivity contribution in [3.8, 4) is 17.2 Å². The molecule has 2 rings (SSSR count). The maximum atomic E-state index is 11.5. The van der Waals surface area contributed by atoms with Crippen molar-refractivity contribution in [3.05, 3.63) is 29.8 Å². The van der Waals surface area contributed by atoms with Crippen LogP contribution in [0.15, 0.2) is 24.3 Å². The molecular weight excluding hydrogens is 244 g/mol. The average molecular weight is 260 g/mol. The third-order valence-electron chi connectivity index (χ3n) is 3.03. The topological polar surface area (TPSA) is 55.8 Å². The van der Waals surface area contributed by atoms with Crippen LogP contribution in [0.3, 0.4) is 0 Å². The van der Waals surface area contributed by atoms with Crippen molar-refractivity contribution in [3.63, 3.8) is 0 Å². The molecule has 100 valence electrons. The highest BCUT2D eigenvalue weighted by Crippen LogP contribution is 2.44. The Kier molecular flexibility index (Phi) is 3.60. The van der Waals surface area contributed by atoms with Gasteiger partial charge in [0.05, 0.1) is 7.11 Å². The fourth-order valence-corrected chi connectivity index (χ4v) is 2.06. The summed E-state index contributed by atoms with van der Waals surface area (Å²) in [5, 5.41) is 11.5. The molecule has 0 aliphatic heterocycles. The summed E-state index contributed by atoms with van der Waals surface area (Å²) in [6.45, 7) is 3.49. The Hall–Kier alpha value is -2.23. The number of fused-ring (bicyclic) bond motifs is 1. The minimum Gasteiger partial charge on any atom is -0.504 e. The molecule has 0 fully saturated rings. The number of esters is 1. The van der Waals surface area contributed by atoms with Crippen LogP contribution in [0.2, 0.25) is 0 Å². The van der Waals surface area contributed by atoms with Crippen LogP contribution in [0.5, 0.6) is 17.2 Å². The summed E-state index contributed by atoms with van der Waals surface area (Å²) in [4.78, 5) is 11.5. The molecule has 0 amide bonds. The smallest absolute Gasteiger partial charge is 0.310 e. The van der Waals surface area contributed by atoms with Gasteiger partial charge in [0.1, 0.15) is 5.75 Å². The molecule has 0 aliphatic carbocycles. The maximum absolute atomic E-state index is 11.5. The van der Waals surface area contributed by atoms with Gasteiger partial charge in [-0.1, -0.05) is 31.2 Å². The summed E-state index contributed by atoms with van der Waals surface area (Å²) in [6.07, 6.45) is 0.289. The van der Waals surface area contributed by atoms with Crippen LogP contribution in [0, 0.1) is 6.92 Å². The Morgan fingerprint density at radius 1 is 1.21 bits per heavy atom. The summed E-state index contributed by atoms with van der Waals surface area (Å²) in [5.41, 5.74) is 0.612. The molecule has 0 aliphatic rings. The van der Waals surface area contributed by atoms with E-state index in [4.69, 9.17) is 9.47 Å². The van der Waals surface area contributed by atoms with Gasteiger partial charge in [-0.05, 0) is 6.92 Å². The van der Waals surface area contributed by atoms with E-state index in [9.17, 15) is 9.90 Å². The first-order valence-electron chi connectivity index (χ1n) is 6.09. The normalized spacial score (nSPS) is 10.5. The standard InChI is InChI=1S/C15H16O4/c1-4-12(16)19-14-9(2)15(18-3)13(17)10-7-5-6-8-11(10)14/h5-8,17H,4H2,1-3H3. The van der Waals surface area contributed by atoms with Crippen molar-refractivity contribution in [2.75, 3.05) is 7.11 Å². The Labute approximate surface area is 111 Å². The first-order valence-corrected chi connectivity index (χ1v) is 6.09. The highest BCUT2D eigenvalue weighted by Gasteiger charge is 2.19. The van der Waals surface area contributed by atoms with E-state index in [1.54, 1.807) is 26.0 Å². The van der Waals surface area contributed by atoms with Gasteiger partial charge in [0, 0.05) is 22.8 Å². The molecule has 4 heteroatoms. The molecule has 0 saturated heterocycles. The number of phenolic OH excluding ortho intramolecular Hbond substituents is 1. The summed E-state index contributed by atoms with van der Waals surface area (Å²) in [5.74, 6) is 0.516. The zero-order valence-electron chi connectivity index (χ0n) is 11.2. The molecule has 0 saturated carbocycles. The Morgan fingerprint density at radius 2 is 1.84 bits per heavy atom. The second kappa shape index (κ2) is 5.18. The van der Waals surface area contributed by atoms with Crippen molar-refractivity contribution in [1.82, 2.24) is 0 Å². The summed E-state index contributed by atoms with van der Waals surface area (Å²) < 4.78 is 10.6. The third-order valence-corrected chi connectivity index (χ3v) is 3.03. The first-order chi connectivity index (χ1) is 9.10. The van der Waals surface area contributed by atoms with Crippen molar-refractivity contribution in [2.45, 2.75) is 20.3 Å². The number of phenols is 1. The number of hydrogen-bond acceptors (Lipinski definition) is 4. The number of carbonyl (C=O) groups is 1. The Morgan fingerprint density at radius 3 is 2.42 bits per heavy atom. The first kappa shape index (κ1) is 13.2. The van der Waals surface area contributed by atoms with Crippen LogP contribution in [-0.2, 0) is 4.79 Å². The summed E-state index contributed by atoms with van der Waals surface area (Å²) in [6, 6.07) is 7.20. The average Bonchev–Trinajstić information content (AvgIpc) is 2.43. The van der Waals surface area contributed by atoms with Gasteiger partial charge in [0.2, 0.25) is 0 Å². The van der Waals surface area contributed by atoms with Gasteiger partial charge < -0.3 is 14.6 Å². The lowest BCUT2D eigenvalue weighted by atomic mass is 10.0. The van der Waals surface area contributed by atoms with Gasteiger partial charge in [-0.25, -0.2) is 0 Å². The van der Waals surface area contributed by atoms with Gasteiger partial charge in [-0.15, -0.1) is 0 Å². The number of carbonyl (C=O) groups excluding carboxylic acids is 1. The molecule has 19 heavy (non-hydrogen) atoms. The predicted molar refractivity (Wildman–Crippen MR) is 72.8 cm³/mol. The van der Waals surface area contributed by atoms with Gasteiger partial charge in [0.15, 0.2) is 11.5 Å². The molecule has 4 nitrogen and oxygen atoms in total. The number of aromatic hydroxyl groups is 1. The number of hydrogen-bond donors (Lipinski definition) is 1. The molecule has 0 aromatic heterocycles. The fourth-order valence-electron chi connectivity index (χ4n) is 2.06. The lowest BCUT2D eigenvalue weighted by Gasteiger charge is -2.15. The molecule has 0 bridgehead atoms. The summed E-state index contributed by atoms with van der Waals surface area (Å²) >= 11 is 0. The van der Waals surface area contributed by atoms with E-state index in [0.29, 0.717) is 27.8 Å². The molecule has 2 aromatic rings. The Balaban J connectivity index is 2.76. The van der Waals surface area contributed by atoms with Crippen LogP contribution < -0.4 is 9.47 Å². The number of benzene rings is 2. The summed E-state index contributed by atoms with van der Waals surface area (Å²) in [7, 11) is 1.47. The van der Waals surface area contributed by atoms with Gasteiger partial charge >= 0.3 is 5.97 Å². The van der Waals surface area contributed by atoms with Gasteiger partial charge in [-0.3, -0.25) is 4.79 Å². The van der Waals surface area contributed by atoms with Crippen molar-refractivity contribution >= 4 is 16.7 Å². The van der Waals surface area contributed by atoms with Gasteiger partial charge in [0.25, 0.3) is 0 Å². The molecule has 2 aromatic carbocycles. The second-order valence-corrected chi connectivity index (χ2v) is 4.21. The van der Waals surface area contributed by atoms with Crippen molar-refractivity contribution in [1.29, 1.82) is 0 Å². The third kappa shape index (κ3) is 2.21. The zero-order chi connectivity index (χ0) is 14.0. The number of methoxy groups -OCH3 is 1. The van der Waals surface area contributed by atoms with E-state index >= 15 is 0 Å². The van der Waals surface area contributed by atoms with E-state index in [2.05, 4.69) is 0 Å². The lowest BCUT2D eigenvalue weighted by Crippen LogP contribution is -2.07. The van der Waals surface area contributed by atoms with E-state index in [1.807, 2.05) is 12.1 Å². The fraction of sp³-hybridized carbons (Fsp3) is 0.267. The minimum absolute atomic E-state index is 0.0619. The highest BCUT2D eigenvalue weighted by molar-refractivity contribution is 5.98. The van der Waals surface area contributed by atoms with E-state index in [-0.39, 0.29) is 18.1 Å². The SMILES string of the molecule is CCC(=O)Oc1c(C)c(OC)c(O)c2ccccc12. The molecule has 0 spiro atoms. The Bertz CT molecular complexity index is 632. The second-order valence-electron chi connectivity index (χ2n) is 4.21. The van der Waals surface area contributed by atoms with E-state index < -0.39 is 0 Å². The highest BCUT2D eigenvalue weighted by atomic mass is 16.5. The number of rotatable bonds is 3. The van der Waals surface area contributed by atoms with Crippen molar-refractivity contribution in [2.24, 2.45) is 0 Å². The van der Waals surface area contributed by atoms with E-state index in [1.165, 1.54) is 7.11 Å². The van der Waals surface area contributed by atoms with Crippen LogP contribution in [-0.4, -0.2) is 18.2 Å². The predicted octanol–water partition coefficient (Wildman–Crippen LogP) is 3.18. The van der Waals surface area contributed by atoms with Crippen LogP contribution in [0.1, 0.15) is 18.9 Å². The quantitative estimate of drug-likeness (QED) is 0.680. The molecule has 0 heterocycles. The largest absolute Gasteiger partial charge is 0.504 e. The molecule has 0 unspecified atom stereocenters. The molecule has 0 atom stereocenters.